The number of rotatable bonds is 8. The Labute approximate surface area is 222 Å². The average molecular weight is 507 g/mol. The molecule has 4 aromatic rings. The Balaban J connectivity index is 1.06. The lowest BCUT2D eigenvalue weighted by molar-refractivity contribution is -0.125. The van der Waals surface area contributed by atoms with Gasteiger partial charge in [-0.15, -0.1) is 0 Å². The highest BCUT2D eigenvalue weighted by molar-refractivity contribution is 5.94. The van der Waals surface area contributed by atoms with E-state index in [4.69, 9.17) is 9.47 Å². The topological polar surface area (TPSA) is 76.7 Å². The number of hydrogen-bond donors (Lipinski definition) is 2. The molecule has 0 bridgehead atoms. The van der Waals surface area contributed by atoms with E-state index in [0.717, 1.165) is 22.9 Å². The van der Waals surface area contributed by atoms with E-state index in [0.29, 0.717) is 37.2 Å². The minimum atomic E-state index is -0.103. The van der Waals surface area contributed by atoms with Gasteiger partial charge in [0.25, 0.3) is 0 Å². The van der Waals surface area contributed by atoms with Crippen molar-refractivity contribution in [1.29, 1.82) is 0 Å². The molecule has 1 saturated carbocycles. The zero-order valence-corrected chi connectivity index (χ0v) is 21.0. The van der Waals surface area contributed by atoms with Crippen molar-refractivity contribution in [1.82, 2.24) is 0 Å². The first-order valence-corrected chi connectivity index (χ1v) is 12.9. The van der Waals surface area contributed by atoms with Crippen LogP contribution in [0.2, 0.25) is 0 Å². The second-order valence-corrected chi connectivity index (χ2v) is 9.41. The van der Waals surface area contributed by atoms with Crippen LogP contribution in [0, 0.1) is 11.8 Å². The molecule has 38 heavy (non-hydrogen) atoms. The molecule has 0 aromatic heterocycles. The molecule has 6 nitrogen and oxygen atoms in total. The zero-order valence-electron chi connectivity index (χ0n) is 21.0. The van der Waals surface area contributed by atoms with E-state index in [1.54, 1.807) is 0 Å². The third kappa shape index (κ3) is 6.79. The number of para-hydroxylation sites is 2. The van der Waals surface area contributed by atoms with Gasteiger partial charge in [-0.1, -0.05) is 36.4 Å². The molecule has 4 aromatic carbocycles. The van der Waals surface area contributed by atoms with Crippen LogP contribution in [-0.4, -0.2) is 11.8 Å². The number of carbonyl (C=O) groups excluding carboxylic acids is 2. The lowest BCUT2D eigenvalue weighted by atomic mass is 9.81. The van der Waals surface area contributed by atoms with Gasteiger partial charge in [0, 0.05) is 23.2 Å². The molecule has 2 amide bonds. The lowest BCUT2D eigenvalue weighted by Crippen LogP contribution is -2.32. The van der Waals surface area contributed by atoms with Crippen molar-refractivity contribution in [3.05, 3.63) is 109 Å². The molecule has 1 aliphatic rings. The molecule has 1 fully saturated rings. The summed E-state index contributed by atoms with van der Waals surface area (Å²) in [7, 11) is 0. The Kier molecular flexibility index (Phi) is 7.99. The van der Waals surface area contributed by atoms with Gasteiger partial charge in [-0.05, 0) is 98.5 Å². The monoisotopic (exact) mass is 506 g/mol. The number of amides is 2. The fourth-order valence-corrected chi connectivity index (χ4v) is 4.57. The van der Waals surface area contributed by atoms with Crippen molar-refractivity contribution in [3.63, 3.8) is 0 Å². The molecule has 192 valence electrons. The van der Waals surface area contributed by atoms with E-state index in [9.17, 15) is 9.59 Å². The van der Waals surface area contributed by atoms with Crippen LogP contribution in [0.25, 0.3) is 0 Å². The van der Waals surface area contributed by atoms with Crippen LogP contribution in [0.5, 0.6) is 23.0 Å². The van der Waals surface area contributed by atoms with E-state index < -0.39 is 0 Å². The predicted molar refractivity (Wildman–Crippen MR) is 149 cm³/mol. The molecule has 0 unspecified atom stereocenters. The molecular weight excluding hydrogens is 476 g/mol. The van der Waals surface area contributed by atoms with Gasteiger partial charge in [0.15, 0.2) is 0 Å². The second kappa shape index (κ2) is 12.1. The number of carbonyl (C=O) groups is 2. The van der Waals surface area contributed by atoms with E-state index in [-0.39, 0.29) is 23.7 Å². The van der Waals surface area contributed by atoms with Crippen molar-refractivity contribution >= 4 is 23.2 Å². The van der Waals surface area contributed by atoms with Gasteiger partial charge in [-0.3, -0.25) is 9.59 Å². The quantitative estimate of drug-likeness (QED) is 0.257. The van der Waals surface area contributed by atoms with Crippen molar-refractivity contribution in [2.24, 2.45) is 11.8 Å². The third-order valence-electron chi connectivity index (χ3n) is 6.67. The summed E-state index contributed by atoms with van der Waals surface area (Å²) in [6, 6.07) is 33.8. The molecular formula is C32H30N2O4. The highest BCUT2D eigenvalue weighted by atomic mass is 16.5. The van der Waals surface area contributed by atoms with Gasteiger partial charge in [-0.2, -0.15) is 0 Å². The molecule has 0 atom stereocenters. The fraction of sp³-hybridized carbons (Fsp3) is 0.188. The van der Waals surface area contributed by atoms with Crippen LogP contribution in [-0.2, 0) is 9.59 Å². The van der Waals surface area contributed by atoms with Crippen LogP contribution in [0.3, 0.4) is 0 Å². The van der Waals surface area contributed by atoms with Gasteiger partial charge < -0.3 is 20.1 Å². The van der Waals surface area contributed by atoms with Gasteiger partial charge in [0.2, 0.25) is 11.8 Å². The van der Waals surface area contributed by atoms with Crippen molar-refractivity contribution in [2.75, 3.05) is 10.6 Å². The highest BCUT2D eigenvalue weighted by Crippen LogP contribution is 2.31. The normalized spacial score (nSPS) is 16.7. The summed E-state index contributed by atoms with van der Waals surface area (Å²) in [6.45, 7) is 0. The minimum Gasteiger partial charge on any atom is -0.457 e. The summed E-state index contributed by atoms with van der Waals surface area (Å²) in [5.41, 5.74) is 1.46. The summed E-state index contributed by atoms with van der Waals surface area (Å²) in [5.74, 6) is 2.73. The molecule has 0 spiro atoms. The number of ether oxygens (including phenoxy) is 2. The van der Waals surface area contributed by atoms with E-state index >= 15 is 0 Å². The van der Waals surface area contributed by atoms with E-state index in [1.165, 1.54) is 0 Å². The van der Waals surface area contributed by atoms with Crippen LogP contribution < -0.4 is 20.1 Å². The van der Waals surface area contributed by atoms with Crippen molar-refractivity contribution in [3.8, 4) is 23.0 Å². The number of nitrogens with one attached hydrogen (secondary N) is 2. The number of benzene rings is 4. The fourth-order valence-electron chi connectivity index (χ4n) is 4.57. The molecule has 0 aliphatic heterocycles. The first-order chi connectivity index (χ1) is 18.6. The largest absolute Gasteiger partial charge is 0.457 e. The van der Waals surface area contributed by atoms with Crippen LogP contribution in [0.1, 0.15) is 25.7 Å². The number of hydrogen-bond acceptors (Lipinski definition) is 4. The predicted octanol–water partition coefficient (Wildman–Crippen LogP) is 7.65. The SMILES string of the molecule is O=C(Nc1ccc(Oc2ccccc2)cc1)C1CCC(C(=O)Nc2ccc(Oc3ccccc3)cc2)CC1. The highest BCUT2D eigenvalue weighted by Gasteiger charge is 2.30. The Bertz CT molecular complexity index is 1230. The summed E-state index contributed by atoms with van der Waals surface area (Å²) < 4.78 is 11.6. The maximum atomic E-state index is 12.8. The zero-order chi connectivity index (χ0) is 26.2. The minimum absolute atomic E-state index is 0.00501. The first-order valence-electron chi connectivity index (χ1n) is 12.9. The maximum Gasteiger partial charge on any atom is 0.227 e. The van der Waals surface area contributed by atoms with Gasteiger partial charge >= 0.3 is 0 Å². The smallest absolute Gasteiger partial charge is 0.227 e. The van der Waals surface area contributed by atoms with Crippen LogP contribution >= 0.6 is 0 Å². The Morgan fingerprint density at radius 2 is 0.789 bits per heavy atom. The Morgan fingerprint density at radius 3 is 1.13 bits per heavy atom. The second-order valence-electron chi connectivity index (χ2n) is 9.41. The standard InChI is InChI=1S/C32H30N2O4/c35-31(33-25-15-19-29(20-16-25)37-27-7-3-1-4-8-27)23-11-13-24(14-12-23)32(36)34-26-17-21-30(22-18-26)38-28-9-5-2-6-10-28/h1-10,15-24H,11-14H2,(H,33,35)(H,34,36). The summed E-state index contributed by atoms with van der Waals surface area (Å²) in [5, 5.41) is 6.00. The molecule has 2 N–H and O–H groups in total. The van der Waals surface area contributed by atoms with Crippen LogP contribution in [0.4, 0.5) is 11.4 Å². The molecule has 1 aliphatic carbocycles. The summed E-state index contributed by atoms with van der Waals surface area (Å²) in [4.78, 5) is 25.6. The van der Waals surface area contributed by atoms with E-state index in [2.05, 4.69) is 10.6 Å². The lowest BCUT2D eigenvalue weighted by Gasteiger charge is -2.27. The summed E-state index contributed by atoms with van der Waals surface area (Å²) in [6.07, 6.45) is 2.73. The van der Waals surface area contributed by atoms with Crippen molar-refractivity contribution in [2.45, 2.75) is 25.7 Å². The van der Waals surface area contributed by atoms with Gasteiger partial charge in [0.05, 0.1) is 0 Å². The first kappa shape index (κ1) is 25.1. The van der Waals surface area contributed by atoms with Gasteiger partial charge in [0.1, 0.15) is 23.0 Å². The van der Waals surface area contributed by atoms with Crippen molar-refractivity contribution < 1.29 is 19.1 Å². The molecule has 0 radical (unpaired) electrons. The van der Waals surface area contributed by atoms with E-state index in [1.807, 2.05) is 109 Å². The number of anilines is 2. The molecule has 0 heterocycles. The Hall–Kier alpha value is -4.58. The molecule has 6 heteroatoms. The third-order valence-corrected chi connectivity index (χ3v) is 6.67. The van der Waals surface area contributed by atoms with Gasteiger partial charge in [-0.25, -0.2) is 0 Å². The Morgan fingerprint density at radius 1 is 0.474 bits per heavy atom. The maximum absolute atomic E-state index is 12.8. The van der Waals surface area contributed by atoms with Crippen LogP contribution in [0.15, 0.2) is 109 Å². The summed E-state index contributed by atoms with van der Waals surface area (Å²) >= 11 is 0. The molecule has 0 saturated heterocycles. The molecule has 5 rings (SSSR count). The average Bonchev–Trinajstić information content (AvgIpc) is 2.96.